The zero-order valence-electron chi connectivity index (χ0n) is 18.5. The fourth-order valence-corrected chi connectivity index (χ4v) is 3.82. The molecule has 0 aliphatic carbocycles. The van der Waals surface area contributed by atoms with Gasteiger partial charge in [0.1, 0.15) is 18.2 Å². The number of hydrogen-bond acceptors (Lipinski definition) is 4. The highest BCUT2D eigenvalue weighted by Crippen LogP contribution is 2.35. The van der Waals surface area contributed by atoms with E-state index in [1.807, 2.05) is 38.1 Å². The van der Waals surface area contributed by atoms with Gasteiger partial charge in [-0.15, -0.1) is 0 Å². The van der Waals surface area contributed by atoms with Crippen molar-refractivity contribution in [2.75, 3.05) is 11.9 Å². The molecule has 0 heterocycles. The molecule has 0 aliphatic heterocycles. The molecule has 34 heavy (non-hydrogen) atoms. The minimum Gasteiger partial charge on any atom is -0.490 e. The number of rotatable bonds is 8. The second kappa shape index (κ2) is 11.9. The molecule has 0 radical (unpaired) electrons. The highest BCUT2D eigenvalue weighted by molar-refractivity contribution is 9.10. The third kappa shape index (κ3) is 6.77. The van der Waals surface area contributed by atoms with Crippen LogP contribution in [0.1, 0.15) is 23.6 Å². The molecule has 0 saturated carbocycles. The number of nitrogens with one attached hydrogen (secondary N) is 1. The fraction of sp³-hybridized carbons (Fsp3) is 0.154. The summed E-state index contributed by atoms with van der Waals surface area (Å²) in [5, 5.41) is 12.9. The molecule has 5 nitrogen and oxygen atoms in total. The SMILES string of the molecule is CCOc1cc(/C=C(\C#N)C(=O)Nc2ccc(Cl)c(Cl)c2)c(Br)cc1OCc1cccc(C)c1. The van der Waals surface area contributed by atoms with Crippen LogP contribution in [0.2, 0.25) is 10.0 Å². The molecule has 1 N–H and O–H groups in total. The van der Waals surface area contributed by atoms with Crippen LogP contribution < -0.4 is 14.8 Å². The third-order valence-corrected chi connectivity index (χ3v) is 6.11. The van der Waals surface area contributed by atoms with Gasteiger partial charge in [-0.25, -0.2) is 0 Å². The van der Waals surface area contributed by atoms with E-state index in [1.165, 1.54) is 12.1 Å². The first-order chi connectivity index (χ1) is 16.3. The average molecular weight is 560 g/mol. The predicted octanol–water partition coefficient (Wildman–Crippen LogP) is 7.59. The summed E-state index contributed by atoms with van der Waals surface area (Å²) in [4.78, 5) is 12.7. The maximum absolute atomic E-state index is 12.7. The molecule has 1 amide bonds. The summed E-state index contributed by atoms with van der Waals surface area (Å²) in [5.41, 5.74) is 3.11. The van der Waals surface area contributed by atoms with Crippen LogP contribution >= 0.6 is 39.1 Å². The van der Waals surface area contributed by atoms with Crippen LogP contribution in [0.15, 0.2) is 64.6 Å². The van der Waals surface area contributed by atoms with Crippen LogP contribution in [-0.2, 0) is 11.4 Å². The Labute approximate surface area is 217 Å². The molecule has 174 valence electrons. The Morgan fingerprint density at radius 1 is 1.09 bits per heavy atom. The number of carbonyl (C=O) groups excluding carboxylic acids is 1. The van der Waals surface area contributed by atoms with Crippen molar-refractivity contribution in [3.8, 4) is 17.6 Å². The van der Waals surface area contributed by atoms with E-state index in [-0.39, 0.29) is 5.57 Å². The van der Waals surface area contributed by atoms with E-state index < -0.39 is 5.91 Å². The van der Waals surface area contributed by atoms with Crippen LogP contribution in [0.5, 0.6) is 11.5 Å². The number of halogens is 3. The van der Waals surface area contributed by atoms with E-state index >= 15 is 0 Å². The van der Waals surface area contributed by atoms with E-state index in [2.05, 4.69) is 27.3 Å². The first kappa shape index (κ1) is 25.6. The molecule has 8 heteroatoms. The molecule has 3 aromatic rings. The van der Waals surface area contributed by atoms with Gasteiger partial charge < -0.3 is 14.8 Å². The Balaban J connectivity index is 1.85. The zero-order chi connectivity index (χ0) is 24.7. The van der Waals surface area contributed by atoms with Crippen LogP contribution in [0.4, 0.5) is 5.69 Å². The summed E-state index contributed by atoms with van der Waals surface area (Å²) in [7, 11) is 0. The van der Waals surface area contributed by atoms with Crippen LogP contribution in [0.25, 0.3) is 6.08 Å². The van der Waals surface area contributed by atoms with Gasteiger partial charge in [-0.05, 0) is 61.4 Å². The smallest absolute Gasteiger partial charge is 0.266 e. The number of ether oxygens (including phenoxy) is 2. The second-order valence-corrected chi connectivity index (χ2v) is 8.95. The minimum atomic E-state index is -0.578. The molecule has 0 aliphatic rings. The summed E-state index contributed by atoms with van der Waals surface area (Å²) in [6.07, 6.45) is 1.48. The number of carbonyl (C=O) groups is 1. The van der Waals surface area contributed by atoms with Gasteiger partial charge in [-0.2, -0.15) is 5.26 Å². The standard InChI is InChI=1S/C26H21BrCl2N2O3/c1-3-33-24-11-18(21(27)13-25(24)34-15-17-6-4-5-16(2)9-17)10-19(14-30)26(32)31-20-7-8-22(28)23(29)12-20/h4-13H,3,15H2,1-2H3,(H,31,32)/b19-10+. The molecular weight excluding hydrogens is 539 g/mol. The number of aryl methyl sites for hydroxylation is 1. The largest absolute Gasteiger partial charge is 0.490 e. The van der Waals surface area contributed by atoms with Crippen molar-refractivity contribution in [2.45, 2.75) is 20.5 Å². The molecule has 0 spiro atoms. The molecule has 0 atom stereocenters. The van der Waals surface area contributed by atoms with Gasteiger partial charge in [0.25, 0.3) is 5.91 Å². The summed E-state index contributed by atoms with van der Waals surface area (Å²) in [6, 6.07) is 18.2. The Morgan fingerprint density at radius 3 is 2.53 bits per heavy atom. The van der Waals surface area contributed by atoms with Crippen LogP contribution in [0.3, 0.4) is 0 Å². The molecule has 0 saturated heterocycles. The number of benzene rings is 3. The van der Waals surface area contributed by atoms with Crippen molar-refractivity contribution in [3.05, 3.63) is 91.4 Å². The Kier molecular flexibility index (Phi) is 9.00. The van der Waals surface area contributed by atoms with Crippen molar-refractivity contribution < 1.29 is 14.3 Å². The normalized spacial score (nSPS) is 11.0. The van der Waals surface area contributed by atoms with Gasteiger partial charge in [-0.1, -0.05) is 69.0 Å². The van der Waals surface area contributed by atoms with Gasteiger partial charge in [0.2, 0.25) is 0 Å². The topological polar surface area (TPSA) is 71.3 Å². The van der Waals surface area contributed by atoms with Crippen molar-refractivity contribution in [1.29, 1.82) is 5.26 Å². The summed E-state index contributed by atoms with van der Waals surface area (Å²) >= 11 is 15.4. The lowest BCUT2D eigenvalue weighted by Gasteiger charge is -2.14. The predicted molar refractivity (Wildman–Crippen MR) is 140 cm³/mol. The third-order valence-electron chi connectivity index (χ3n) is 4.68. The quantitative estimate of drug-likeness (QED) is 0.228. The van der Waals surface area contributed by atoms with Gasteiger partial charge in [0.15, 0.2) is 11.5 Å². The first-order valence-corrected chi connectivity index (χ1v) is 11.9. The van der Waals surface area contributed by atoms with Crippen molar-refractivity contribution in [2.24, 2.45) is 0 Å². The fourth-order valence-electron chi connectivity index (χ4n) is 3.08. The minimum absolute atomic E-state index is 0.0948. The Bertz CT molecular complexity index is 1290. The van der Waals surface area contributed by atoms with Gasteiger partial charge in [0.05, 0.1) is 16.7 Å². The monoisotopic (exact) mass is 558 g/mol. The maximum Gasteiger partial charge on any atom is 0.266 e. The molecule has 3 aromatic carbocycles. The molecule has 0 aromatic heterocycles. The molecule has 0 bridgehead atoms. The molecular formula is C26H21BrCl2N2O3. The molecule has 0 fully saturated rings. The van der Waals surface area contributed by atoms with Crippen LogP contribution in [0, 0.1) is 18.3 Å². The highest BCUT2D eigenvalue weighted by Gasteiger charge is 2.15. The van der Waals surface area contributed by atoms with Crippen LogP contribution in [-0.4, -0.2) is 12.5 Å². The number of hydrogen-bond donors (Lipinski definition) is 1. The second-order valence-electron chi connectivity index (χ2n) is 7.28. The van der Waals surface area contributed by atoms with Crippen molar-refractivity contribution in [1.82, 2.24) is 0 Å². The van der Waals surface area contributed by atoms with Gasteiger partial charge >= 0.3 is 0 Å². The maximum atomic E-state index is 12.7. The van der Waals surface area contributed by atoms with Crippen molar-refractivity contribution in [3.63, 3.8) is 0 Å². The lowest BCUT2D eigenvalue weighted by atomic mass is 10.1. The number of anilines is 1. The highest BCUT2D eigenvalue weighted by atomic mass is 79.9. The van der Waals surface area contributed by atoms with Gasteiger partial charge in [0, 0.05) is 10.2 Å². The van der Waals surface area contributed by atoms with Gasteiger partial charge in [-0.3, -0.25) is 4.79 Å². The molecule has 3 rings (SSSR count). The number of nitriles is 1. The van der Waals surface area contributed by atoms with E-state index in [0.29, 0.717) is 50.5 Å². The molecule has 0 unspecified atom stereocenters. The zero-order valence-corrected chi connectivity index (χ0v) is 21.6. The van der Waals surface area contributed by atoms with E-state index in [0.717, 1.165) is 11.1 Å². The van der Waals surface area contributed by atoms with Crippen molar-refractivity contribution >= 4 is 56.8 Å². The van der Waals surface area contributed by atoms with E-state index in [1.54, 1.807) is 24.3 Å². The van der Waals surface area contributed by atoms with E-state index in [9.17, 15) is 10.1 Å². The Morgan fingerprint density at radius 2 is 1.85 bits per heavy atom. The lowest BCUT2D eigenvalue weighted by Crippen LogP contribution is -2.13. The summed E-state index contributed by atoms with van der Waals surface area (Å²) in [6.45, 7) is 4.69. The number of nitrogens with zero attached hydrogens (tertiary/aromatic N) is 1. The summed E-state index contributed by atoms with van der Waals surface area (Å²) in [5.74, 6) is 0.475. The number of amides is 1. The average Bonchev–Trinajstić information content (AvgIpc) is 2.80. The summed E-state index contributed by atoms with van der Waals surface area (Å²) < 4.78 is 12.4. The van der Waals surface area contributed by atoms with E-state index in [4.69, 9.17) is 32.7 Å². The Hall–Kier alpha value is -2.98. The first-order valence-electron chi connectivity index (χ1n) is 10.3. The lowest BCUT2D eigenvalue weighted by molar-refractivity contribution is -0.112.